The van der Waals surface area contributed by atoms with Crippen LogP contribution < -0.4 is 5.32 Å². The molecule has 4 nitrogen and oxygen atoms in total. The van der Waals surface area contributed by atoms with E-state index in [4.69, 9.17) is 19.2 Å². The smallest absolute Gasteiger partial charge is 0.335 e. The predicted molar refractivity (Wildman–Crippen MR) is 116 cm³/mol. The number of carboxylic acids is 1. The Kier molecular flexibility index (Phi) is 3.19. The molecule has 0 heterocycles. The van der Waals surface area contributed by atoms with Crippen molar-refractivity contribution in [1.82, 2.24) is 5.32 Å². The largest absolute Gasteiger partial charge is 0.478 e. The molecule has 3 aromatic carbocycles. The molecule has 0 fully saturated rings. The molecule has 0 saturated carbocycles. The number of hydrogen-bond donors (Lipinski definition) is 3. The average molecular weight is 404 g/mol. The van der Waals surface area contributed by atoms with Crippen LogP contribution >= 0.6 is 0 Å². The molecule has 3 rings (SSSR count). The molecule has 29 heavy (non-hydrogen) atoms. The molecule has 150 valence electrons. The molecular formula is C25H27NO3. The van der Waals surface area contributed by atoms with Gasteiger partial charge in [0.15, 0.2) is 0 Å². The third-order valence-corrected chi connectivity index (χ3v) is 3.74. The first kappa shape index (κ1) is 9.24. The molecule has 0 amide bonds. The van der Waals surface area contributed by atoms with Crippen molar-refractivity contribution in [2.75, 3.05) is 13.0 Å². The Morgan fingerprint density at radius 3 is 2.83 bits per heavy atom. The molecule has 0 saturated heterocycles. The molecule has 0 bridgehead atoms. The molecule has 0 aliphatic carbocycles. The minimum Gasteiger partial charge on any atom is -0.478 e. The van der Waals surface area contributed by atoms with Crippen LogP contribution in [0, 0.1) is 6.92 Å². The second-order valence-corrected chi connectivity index (χ2v) is 5.93. The van der Waals surface area contributed by atoms with Gasteiger partial charge in [-0.3, -0.25) is 0 Å². The third kappa shape index (κ3) is 6.01. The number of benzene rings is 3. The standard InChI is InChI=1S/C25H27NO3/c1-18-6-2-11-22(14-18)24(27)17-26-13-5-8-19-7-3-9-20(15-19)21-10-4-12-23(16-21)25(28)29/h2-4,6-7,9-12,14-16,24,26-27H,5,8,13,17H2,1H3,(H,28,29)/t24-/m0/s1/i2D,3D,5D2,6D,7D,9D,11D,13D2,14D,15D,17D2. The summed E-state index contributed by atoms with van der Waals surface area (Å²) in [4.78, 5) is 11.4. The van der Waals surface area contributed by atoms with Crippen molar-refractivity contribution in [2.24, 2.45) is 0 Å². The second-order valence-electron chi connectivity index (χ2n) is 5.93. The fraction of sp³-hybridized carbons (Fsp3) is 0.240. The van der Waals surface area contributed by atoms with Gasteiger partial charge in [-0.25, -0.2) is 4.79 Å². The van der Waals surface area contributed by atoms with E-state index in [1.807, 2.05) is 0 Å². The number of aliphatic hydroxyl groups excluding tert-OH is 1. The minimum atomic E-state index is -3.37. The average Bonchev–Trinajstić information content (AvgIpc) is 2.91. The summed E-state index contributed by atoms with van der Waals surface area (Å²) < 4.78 is 115. The maximum Gasteiger partial charge on any atom is 0.335 e. The normalized spacial score (nSPS) is 20.3. The summed E-state index contributed by atoms with van der Waals surface area (Å²) in [7, 11) is 0. The predicted octanol–water partition coefficient (Wildman–Crippen LogP) is 4.62. The van der Waals surface area contributed by atoms with Crippen LogP contribution in [0.5, 0.6) is 0 Å². The van der Waals surface area contributed by atoms with Crippen molar-refractivity contribution in [2.45, 2.75) is 25.8 Å². The second kappa shape index (κ2) is 10.0. The highest BCUT2D eigenvalue weighted by Gasteiger charge is 2.07. The SMILES string of the molecule is [2H]c1c([2H])c(CC([2H])([2H])C([2H])([2H])NC([2H])([2H])[C@H](O)c2c([2H])c([2H])c([2H])c(C)c2[2H])c([2H])c(-c2cccc(C(=O)O)c2)c1[2H]. The number of aromatic carboxylic acids is 1. The topological polar surface area (TPSA) is 69.6 Å². The van der Waals surface area contributed by atoms with E-state index in [0.717, 1.165) is 6.07 Å². The lowest BCUT2D eigenvalue weighted by Crippen LogP contribution is -2.22. The minimum absolute atomic E-state index is 0.0194. The van der Waals surface area contributed by atoms with E-state index in [0.29, 0.717) is 0 Å². The highest BCUT2D eigenvalue weighted by atomic mass is 16.4. The van der Waals surface area contributed by atoms with Crippen molar-refractivity contribution in [3.8, 4) is 11.1 Å². The summed E-state index contributed by atoms with van der Waals surface area (Å²) in [6.45, 7) is -5.38. The molecule has 0 radical (unpaired) electrons. The molecule has 0 unspecified atom stereocenters. The first-order valence-electron chi connectivity index (χ1n) is 15.5. The van der Waals surface area contributed by atoms with Crippen LogP contribution in [0.4, 0.5) is 0 Å². The molecular weight excluding hydrogens is 362 g/mol. The molecule has 0 spiro atoms. The number of rotatable bonds is 9. The van der Waals surface area contributed by atoms with Crippen LogP contribution in [-0.2, 0) is 6.42 Å². The quantitative estimate of drug-likeness (QED) is 0.488. The zero-order valence-corrected chi connectivity index (χ0v) is 15.4. The van der Waals surface area contributed by atoms with Crippen molar-refractivity contribution in [1.29, 1.82) is 0 Å². The molecule has 0 aliphatic heterocycles. The van der Waals surface area contributed by atoms with Gasteiger partial charge in [-0.1, -0.05) is 66.0 Å². The number of hydrogen-bond acceptors (Lipinski definition) is 3. The molecule has 0 aliphatic rings. The maximum absolute atomic E-state index is 11.4. The first-order chi connectivity index (χ1) is 19.6. The molecule has 4 heteroatoms. The Balaban J connectivity index is 2.06. The number of carbonyl (C=O) groups is 1. The van der Waals surface area contributed by atoms with Crippen molar-refractivity contribution >= 4 is 5.97 Å². The summed E-state index contributed by atoms with van der Waals surface area (Å²) in [6, 6.07) is -0.308. The van der Waals surface area contributed by atoms with Gasteiger partial charge in [0.05, 0.1) is 22.6 Å². The summed E-state index contributed by atoms with van der Waals surface area (Å²) >= 11 is 0. The highest BCUT2D eigenvalue weighted by molar-refractivity contribution is 5.89. The summed E-state index contributed by atoms with van der Waals surface area (Å²) in [6.07, 6.45) is -6.71. The van der Waals surface area contributed by atoms with Gasteiger partial charge >= 0.3 is 5.97 Å². The van der Waals surface area contributed by atoms with E-state index >= 15 is 0 Å². The van der Waals surface area contributed by atoms with Crippen LogP contribution in [0.2, 0.25) is 0 Å². The van der Waals surface area contributed by atoms with Crippen molar-refractivity contribution in [3.63, 3.8) is 0 Å². The Morgan fingerprint density at radius 1 is 1.17 bits per heavy atom. The summed E-state index contributed by atoms with van der Waals surface area (Å²) in [5.74, 6) is -1.31. The van der Waals surface area contributed by atoms with Crippen LogP contribution in [0.15, 0.2) is 72.6 Å². The van der Waals surface area contributed by atoms with Crippen LogP contribution in [0.25, 0.3) is 11.1 Å². The molecule has 1 atom stereocenters. The van der Waals surface area contributed by atoms with E-state index in [1.165, 1.54) is 25.1 Å². The Hall–Kier alpha value is -2.95. The number of nitrogens with one attached hydrogen (secondary N) is 1. The maximum atomic E-state index is 11.4. The van der Waals surface area contributed by atoms with Gasteiger partial charge in [-0.2, -0.15) is 0 Å². The lowest BCUT2D eigenvalue weighted by atomic mass is 9.99. The van der Waals surface area contributed by atoms with Gasteiger partial charge in [0.2, 0.25) is 0 Å². The molecule has 0 aromatic heterocycles. The Morgan fingerprint density at radius 2 is 2.00 bits per heavy atom. The fourth-order valence-corrected chi connectivity index (χ4v) is 2.37. The Bertz CT molecular complexity index is 1580. The summed E-state index contributed by atoms with van der Waals surface area (Å²) in [5.41, 5.74) is -1.84. The van der Waals surface area contributed by atoms with E-state index in [9.17, 15) is 15.0 Å². The lowest BCUT2D eigenvalue weighted by Gasteiger charge is -2.13. The Labute approximate surface area is 191 Å². The van der Waals surface area contributed by atoms with Crippen LogP contribution in [0.3, 0.4) is 0 Å². The van der Waals surface area contributed by atoms with Crippen molar-refractivity contribution < 1.29 is 34.2 Å². The van der Waals surface area contributed by atoms with Gasteiger partial charge in [-0.05, 0) is 60.6 Å². The van der Waals surface area contributed by atoms with Gasteiger partial charge in [0.25, 0.3) is 0 Å². The van der Waals surface area contributed by atoms with Gasteiger partial charge < -0.3 is 15.5 Å². The highest BCUT2D eigenvalue weighted by Crippen LogP contribution is 2.22. The van der Waals surface area contributed by atoms with Crippen LogP contribution in [-0.4, -0.2) is 29.2 Å². The first-order valence-corrected chi connectivity index (χ1v) is 8.54. The van der Waals surface area contributed by atoms with E-state index < -0.39 is 97.3 Å². The van der Waals surface area contributed by atoms with E-state index in [1.54, 1.807) is 5.32 Å². The monoisotopic (exact) mass is 403 g/mol. The van der Waals surface area contributed by atoms with Gasteiger partial charge in [0.1, 0.15) is 0 Å². The van der Waals surface area contributed by atoms with E-state index in [-0.39, 0.29) is 22.3 Å². The van der Waals surface area contributed by atoms with E-state index in [2.05, 4.69) is 0 Å². The zero-order chi connectivity index (χ0) is 33.0. The van der Waals surface area contributed by atoms with Crippen LogP contribution in [0.1, 0.15) is 58.7 Å². The summed E-state index contributed by atoms with van der Waals surface area (Å²) in [5, 5.41) is 21.8. The van der Waals surface area contributed by atoms with Gasteiger partial charge in [-0.15, -0.1) is 0 Å². The fourth-order valence-electron chi connectivity index (χ4n) is 2.37. The molecule has 3 N–H and O–H groups in total. The van der Waals surface area contributed by atoms with Crippen molar-refractivity contribution in [3.05, 3.63) is 94.9 Å². The lowest BCUT2D eigenvalue weighted by molar-refractivity contribution is 0.0697. The molecule has 3 aromatic rings. The number of carboxylic acid groups (broad SMARTS) is 1. The van der Waals surface area contributed by atoms with Gasteiger partial charge in [0, 0.05) is 14.7 Å². The third-order valence-electron chi connectivity index (χ3n) is 3.74. The zero-order valence-electron chi connectivity index (χ0n) is 29.4. The number of aliphatic hydroxyl groups is 1.